The van der Waals surface area contributed by atoms with Crippen molar-refractivity contribution >= 4 is 33.2 Å². The Labute approximate surface area is 118 Å². The van der Waals surface area contributed by atoms with Gasteiger partial charge in [-0.05, 0) is 46.3 Å². The Kier molecular flexibility index (Phi) is 4.01. The van der Waals surface area contributed by atoms with E-state index in [0.717, 1.165) is 4.47 Å². The van der Waals surface area contributed by atoms with Gasteiger partial charge >= 0.3 is 0 Å². The second-order valence-electron chi connectivity index (χ2n) is 3.77. The van der Waals surface area contributed by atoms with Crippen LogP contribution in [0.3, 0.4) is 0 Å². The third-order valence-corrected chi connectivity index (χ3v) is 2.92. The maximum Gasteiger partial charge on any atom is 0.274 e. The zero-order chi connectivity index (χ0) is 13.8. The zero-order valence-electron chi connectivity index (χ0n) is 10.2. The number of methoxy groups -OCH3 is 1. The number of nitrogens with two attached hydrogens (primary N) is 1. The first kappa shape index (κ1) is 13.4. The van der Waals surface area contributed by atoms with E-state index in [0.29, 0.717) is 22.8 Å². The zero-order valence-corrected chi connectivity index (χ0v) is 11.8. The number of nitrogens with one attached hydrogen (secondary N) is 1. The van der Waals surface area contributed by atoms with Gasteiger partial charge in [-0.25, -0.2) is 4.98 Å². The largest absolute Gasteiger partial charge is 0.495 e. The second kappa shape index (κ2) is 5.71. The summed E-state index contributed by atoms with van der Waals surface area (Å²) in [6.07, 6.45) is 1.57. The van der Waals surface area contributed by atoms with Gasteiger partial charge in [0.1, 0.15) is 11.4 Å². The normalized spacial score (nSPS) is 10.0. The van der Waals surface area contributed by atoms with Crippen molar-refractivity contribution < 1.29 is 9.53 Å². The molecule has 0 spiro atoms. The van der Waals surface area contributed by atoms with Gasteiger partial charge in [-0.2, -0.15) is 0 Å². The summed E-state index contributed by atoms with van der Waals surface area (Å²) < 4.78 is 5.86. The van der Waals surface area contributed by atoms with Gasteiger partial charge in [-0.1, -0.05) is 0 Å². The van der Waals surface area contributed by atoms with E-state index >= 15 is 0 Å². The fraction of sp³-hybridized carbons (Fsp3) is 0.0769. The Morgan fingerprint density at radius 1 is 1.37 bits per heavy atom. The minimum Gasteiger partial charge on any atom is -0.495 e. The van der Waals surface area contributed by atoms with E-state index < -0.39 is 0 Å². The van der Waals surface area contributed by atoms with Crippen molar-refractivity contribution in [1.82, 2.24) is 4.98 Å². The lowest BCUT2D eigenvalue weighted by atomic mass is 10.2. The standard InChI is InChI=1S/C13H12BrN3O2/c1-19-12-5-3-9(6-10(12)15)17-13(18)11-4-2-8(14)7-16-11/h2-7H,15H2,1H3,(H,17,18). The van der Waals surface area contributed by atoms with E-state index in [9.17, 15) is 4.79 Å². The number of aromatic nitrogens is 1. The quantitative estimate of drug-likeness (QED) is 0.852. The SMILES string of the molecule is COc1ccc(NC(=O)c2ccc(Br)cn2)cc1N. The Hall–Kier alpha value is -2.08. The van der Waals surface area contributed by atoms with E-state index in [2.05, 4.69) is 26.2 Å². The summed E-state index contributed by atoms with van der Waals surface area (Å²) in [5.41, 5.74) is 7.15. The summed E-state index contributed by atoms with van der Waals surface area (Å²) in [7, 11) is 1.54. The number of carbonyl (C=O) groups is 1. The lowest BCUT2D eigenvalue weighted by Gasteiger charge is -2.08. The minimum absolute atomic E-state index is 0.294. The smallest absolute Gasteiger partial charge is 0.274 e. The number of rotatable bonds is 3. The summed E-state index contributed by atoms with van der Waals surface area (Å²) in [6.45, 7) is 0. The highest BCUT2D eigenvalue weighted by atomic mass is 79.9. The lowest BCUT2D eigenvalue weighted by Crippen LogP contribution is -2.13. The second-order valence-corrected chi connectivity index (χ2v) is 4.69. The molecule has 0 aliphatic carbocycles. The van der Waals surface area contributed by atoms with E-state index in [1.807, 2.05) is 0 Å². The van der Waals surface area contributed by atoms with Crippen LogP contribution in [0.4, 0.5) is 11.4 Å². The van der Waals surface area contributed by atoms with E-state index in [1.54, 1.807) is 36.5 Å². The van der Waals surface area contributed by atoms with Crippen LogP contribution in [0.25, 0.3) is 0 Å². The average molecular weight is 322 g/mol. The summed E-state index contributed by atoms with van der Waals surface area (Å²) in [4.78, 5) is 15.9. The molecule has 1 aromatic heterocycles. The molecule has 2 rings (SSSR count). The molecule has 0 atom stereocenters. The third kappa shape index (κ3) is 3.23. The van der Waals surface area contributed by atoms with Crippen LogP contribution >= 0.6 is 15.9 Å². The number of hydrogen-bond donors (Lipinski definition) is 2. The third-order valence-electron chi connectivity index (χ3n) is 2.45. The van der Waals surface area contributed by atoms with Crippen molar-refractivity contribution in [2.75, 3.05) is 18.2 Å². The first-order chi connectivity index (χ1) is 9.10. The number of benzene rings is 1. The van der Waals surface area contributed by atoms with E-state index in [4.69, 9.17) is 10.5 Å². The molecule has 98 valence electrons. The molecular weight excluding hydrogens is 310 g/mol. The first-order valence-electron chi connectivity index (χ1n) is 5.46. The molecule has 1 amide bonds. The van der Waals surface area contributed by atoms with Crippen LogP contribution in [0.1, 0.15) is 10.5 Å². The van der Waals surface area contributed by atoms with Crippen molar-refractivity contribution in [3.63, 3.8) is 0 Å². The van der Waals surface area contributed by atoms with Crippen LogP contribution in [0.5, 0.6) is 5.75 Å². The number of pyridine rings is 1. The van der Waals surface area contributed by atoms with Gasteiger partial charge in [0.05, 0.1) is 12.8 Å². The van der Waals surface area contributed by atoms with Gasteiger partial charge < -0.3 is 15.8 Å². The molecule has 0 saturated carbocycles. The van der Waals surface area contributed by atoms with Crippen molar-refractivity contribution in [2.45, 2.75) is 0 Å². The number of amides is 1. The number of nitrogens with zero attached hydrogens (tertiary/aromatic N) is 1. The number of hydrogen-bond acceptors (Lipinski definition) is 4. The van der Waals surface area contributed by atoms with Gasteiger partial charge in [-0.15, -0.1) is 0 Å². The molecular formula is C13H12BrN3O2. The van der Waals surface area contributed by atoms with E-state index in [-0.39, 0.29) is 5.91 Å². The maximum absolute atomic E-state index is 11.9. The lowest BCUT2D eigenvalue weighted by molar-refractivity contribution is 0.102. The minimum atomic E-state index is -0.294. The fourth-order valence-electron chi connectivity index (χ4n) is 1.52. The number of carbonyl (C=O) groups excluding carboxylic acids is 1. The number of anilines is 2. The van der Waals surface area contributed by atoms with Crippen molar-refractivity contribution in [3.05, 3.63) is 46.7 Å². The van der Waals surface area contributed by atoms with Gasteiger partial charge in [0.25, 0.3) is 5.91 Å². The molecule has 2 aromatic rings. The fourth-order valence-corrected chi connectivity index (χ4v) is 1.75. The van der Waals surface area contributed by atoms with Crippen LogP contribution in [-0.2, 0) is 0 Å². The maximum atomic E-state index is 11.9. The molecule has 0 radical (unpaired) electrons. The van der Waals surface area contributed by atoms with Crippen LogP contribution in [0.15, 0.2) is 41.0 Å². The predicted molar refractivity (Wildman–Crippen MR) is 77.3 cm³/mol. The number of ether oxygens (including phenoxy) is 1. The summed E-state index contributed by atoms with van der Waals surface area (Å²) >= 11 is 3.26. The summed E-state index contributed by atoms with van der Waals surface area (Å²) in [6, 6.07) is 8.43. The Morgan fingerprint density at radius 2 is 2.16 bits per heavy atom. The molecule has 0 bridgehead atoms. The van der Waals surface area contributed by atoms with Gasteiger partial charge in [0.15, 0.2) is 0 Å². The highest BCUT2D eigenvalue weighted by Gasteiger charge is 2.08. The van der Waals surface area contributed by atoms with Gasteiger partial charge in [0, 0.05) is 16.4 Å². The molecule has 0 unspecified atom stereocenters. The van der Waals surface area contributed by atoms with Crippen molar-refractivity contribution in [1.29, 1.82) is 0 Å². The van der Waals surface area contributed by atoms with Crippen LogP contribution in [0.2, 0.25) is 0 Å². The summed E-state index contributed by atoms with van der Waals surface area (Å²) in [5.74, 6) is 0.275. The van der Waals surface area contributed by atoms with Crippen molar-refractivity contribution in [2.24, 2.45) is 0 Å². The molecule has 1 aromatic carbocycles. The molecule has 0 fully saturated rings. The monoisotopic (exact) mass is 321 g/mol. The molecule has 0 aliphatic heterocycles. The summed E-state index contributed by atoms with van der Waals surface area (Å²) in [5, 5.41) is 2.72. The molecule has 3 N–H and O–H groups in total. The first-order valence-corrected chi connectivity index (χ1v) is 6.26. The molecule has 5 nitrogen and oxygen atoms in total. The number of nitrogen functional groups attached to an aromatic ring is 1. The molecule has 0 saturated heterocycles. The van der Waals surface area contributed by atoms with Crippen LogP contribution in [0, 0.1) is 0 Å². The van der Waals surface area contributed by atoms with Crippen LogP contribution < -0.4 is 15.8 Å². The van der Waals surface area contributed by atoms with Crippen LogP contribution in [-0.4, -0.2) is 18.0 Å². The Bertz CT molecular complexity index is 599. The molecule has 6 heteroatoms. The Balaban J connectivity index is 2.14. The van der Waals surface area contributed by atoms with Gasteiger partial charge in [0.2, 0.25) is 0 Å². The number of halogens is 1. The molecule has 0 aliphatic rings. The molecule has 1 heterocycles. The predicted octanol–water partition coefficient (Wildman–Crippen LogP) is 2.69. The Morgan fingerprint density at radius 3 is 2.74 bits per heavy atom. The highest BCUT2D eigenvalue weighted by Crippen LogP contribution is 2.24. The van der Waals surface area contributed by atoms with E-state index in [1.165, 1.54) is 7.11 Å². The highest BCUT2D eigenvalue weighted by molar-refractivity contribution is 9.10. The molecule has 19 heavy (non-hydrogen) atoms. The van der Waals surface area contributed by atoms with Gasteiger partial charge in [-0.3, -0.25) is 4.79 Å². The topological polar surface area (TPSA) is 77.2 Å². The van der Waals surface area contributed by atoms with Crippen molar-refractivity contribution in [3.8, 4) is 5.75 Å². The average Bonchev–Trinajstić information content (AvgIpc) is 2.39.